The van der Waals surface area contributed by atoms with Crippen LogP contribution in [0.25, 0.3) is 11.0 Å². The fraction of sp³-hybridized carbons (Fsp3) is 0.458. The number of morpholine rings is 1. The van der Waals surface area contributed by atoms with Gasteiger partial charge in [-0.2, -0.15) is 5.26 Å². The lowest BCUT2D eigenvalue weighted by Crippen LogP contribution is -2.36. The average molecular weight is 448 g/mol. The van der Waals surface area contributed by atoms with E-state index in [2.05, 4.69) is 49.0 Å². The summed E-state index contributed by atoms with van der Waals surface area (Å²) in [5.74, 6) is 1.48. The van der Waals surface area contributed by atoms with Crippen molar-refractivity contribution >= 4 is 29.3 Å². The van der Waals surface area contributed by atoms with E-state index >= 15 is 0 Å². The molecule has 1 saturated heterocycles. The zero-order chi connectivity index (χ0) is 23.0. The van der Waals surface area contributed by atoms with Crippen molar-refractivity contribution in [1.82, 2.24) is 15.3 Å². The lowest BCUT2D eigenvalue weighted by Gasteiger charge is -2.31. The number of aliphatic imine (C=N–C) groups is 2. The van der Waals surface area contributed by atoms with Crippen LogP contribution in [0.1, 0.15) is 32.6 Å². The second-order valence-electron chi connectivity index (χ2n) is 8.08. The summed E-state index contributed by atoms with van der Waals surface area (Å²) in [5.41, 5.74) is 2.73. The largest absolute Gasteiger partial charge is 0.488 e. The van der Waals surface area contributed by atoms with Crippen LogP contribution in [0.4, 0.5) is 5.69 Å². The van der Waals surface area contributed by atoms with Gasteiger partial charge >= 0.3 is 0 Å². The molecule has 1 aromatic carbocycles. The summed E-state index contributed by atoms with van der Waals surface area (Å²) < 4.78 is 12.0. The topological polar surface area (TPSA) is 108 Å². The second-order valence-corrected chi connectivity index (χ2v) is 8.08. The van der Waals surface area contributed by atoms with Gasteiger partial charge in [0, 0.05) is 43.3 Å². The maximum absolute atomic E-state index is 9.02. The molecule has 33 heavy (non-hydrogen) atoms. The van der Waals surface area contributed by atoms with Crippen LogP contribution in [-0.4, -0.2) is 61.0 Å². The molecular formula is C24H29N7O2. The molecule has 0 amide bonds. The number of nitrogens with zero attached hydrogens (tertiary/aromatic N) is 6. The first-order chi connectivity index (χ1) is 16.2. The molecule has 0 unspecified atom stereocenters. The number of aromatic nitrogens is 2. The van der Waals surface area contributed by atoms with Gasteiger partial charge in [-0.25, -0.2) is 15.0 Å². The van der Waals surface area contributed by atoms with Gasteiger partial charge in [0.05, 0.1) is 24.8 Å². The Bertz CT molecular complexity index is 1080. The van der Waals surface area contributed by atoms with E-state index in [1.807, 2.05) is 19.1 Å². The van der Waals surface area contributed by atoms with Crippen molar-refractivity contribution < 1.29 is 9.47 Å². The van der Waals surface area contributed by atoms with Crippen molar-refractivity contribution in [2.45, 2.75) is 44.8 Å². The maximum Gasteiger partial charge on any atom is 0.233 e. The molecule has 2 fully saturated rings. The molecule has 1 N–H and O–H groups in total. The van der Waals surface area contributed by atoms with E-state index in [0.29, 0.717) is 5.82 Å². The second kappa shape index (κ2) is 10.9. The van der Waals surface area contributed by atoms with Crippen molar-refractivity contribution in [3.8, 4) is 11.8 Å². The molecule has 0 atom stereocenters. The maximum atomic E-state index is 9.02. The van der Waals surface area contributed by atoms with Gasteiger partial charge in [-0.15, -0.1) is 0 Å². The molecular weight excluding hydrogens is 418 g/mol. The Hall–Kier alpha value is -3.51. The molecule has 9 heteroatoms. The number of nitriles is 1. The van der Waals surface area contributed by atoms with E-state index in [1.54, 1.807) is 12.4 Å². The van der Waals surface area contributed by atoms with Gasteiger partial charge in [0.1, 0.15) is 23.2 Å². The molecule has 1 saturated carbocycles. The van der Waals surface area contributed by atoms with E-state index in [9.17, 15) is 0 Å². The van der Waals surface area contributed by atoms with Crippen LogP contribution >= 0.6 is 0 Å². The predicted molar refractivity (Wildman–Crippen MR) is 129 cm³/mol. The number of hydrogen-bond acceptors (Lipinski definition) is 8. The molecule has 172 valence electrons. The fourth-order valence-electron chi connectivity index (χ4n) is 4.23. The summed E-state index contributed by atoms with van der Waals surface area (Å²) in [5, 5.41) is 12.4. The monoisotopic (exact) mass is 447 g/mol. The summed E-state index contributed by atoms with van der Waals surface area (Å²) in [6.07, 6.45) is 9.06. The molecule has 0 radical (unpaired) electrons. The summed E-state index contributed by atoms with van der Waals surface area (Å²) in [7, 11) is 0. The molecule has 2 aromatic rings. The summed E-state index contributed by atoms with van der Waals surface area (Å²) >= 11 is 0. The van der Waals surface area contributed by atoms with Gasteiger partial charge in [-0.05, 0) is 51.5 Å². The van der Waals surface area contributed by atoms with Gasteiger partial charge in [0.15, 0.2) is 0 Å². The van der Waals surface area contributed by atoms with Gasteiger partial charge in [-0.3, -0.25) is 4.98 Å². The van der Waals surface area contributed by atoms with Gasteiger partial charge in [0.25, 0.3) is 0 Å². The molecule has 0 bridgehead atoms. The van der Waals surface area contributed by atoms with E-state index in [1.165, 1.54) is 0 Å². The number of ether oxygens (including phenoxy) is 2. The number of benzene rings is 1. The molecule has 1 aromatic heterocycles. The molecule has 1 aliphatic heterocycles. The highest BCUT2D eigenvalue weighted by Gasteiger charge is 2.24. The summed E-state index contributed by atoms with van der Waals surface area (Å²) in [6.45, 7) is 8.42. The minimum Gasteiger partial charge on any atom is -0.488 e. The van der Waals surface area contributed by atoms with Crippen LogP contribution in [0.15, 0.2) is 46.4 Å². The lowest BCUT2D eigenvalue weighted by molar-refractivity contribution is 0.122. The Morgan fingerprint density at radius 2 is 2.00 bits per heavy atom. The van der Waals surface area contributed by atoms with Crippen molar-refractivity contribution in [2.75, 3.05) is 31.2 Å². The number of anilines is 1. The van der Waals surface area contributed by atoms with Crippen LogP contribution in [-0.2, 0) is 4.74 Å². The Kier molecular flexibility index (Phi) is 7.47. The zero-order valence-corrected chi connectivity index (χ0v) is 18.9. The number of rotatable bonds is 6. The number of nitrogens with one attached hydrogen (secondary N) is 1. The molecule has 2 heterocycles. The highest BCUT2D eigenvalue weighted by molar-refractivity contribution is 5.99. The Balaban J connectivity index is 1.43. The Morgan fingerprint density at radius 3 is 2.70 bits per heavy atom. The first kappa shape index (κ1) is 22.7. The van der Waals surface area contributed by atoms with Crippen molar-refractivity contribution in [2.24, 2.45) is 9.98 Å². The van der Waals surface area contributed by atoms with E-state index < -0.39 is 0 Å². The molecule has 9 nitrogen and oxygen atoms in total. The lowest BCUT2D eigenvalue weighted by atomic mass is 9.93. The van der Waals surface area contributed by atoms with Crippen molar-refractivity contribution in [1.29, 1.82) is 5.26 Å². The predicted octanol–water partition coefficient (Wildman–Crippen LogP) is 3.23. The number of amidine groups is 1. The normalized spacial score (nSPS) is 22.0. The van der Waals surface area contributed by atoms with Crippen LogP contribution in [0.5, 0.6) is 5.75 Å². The standard InChI is InChI=1S/C24H29N7O2/c1-3-22(30-23(16-25)26-2)29-17-4-6-19(7-5-17)33-21-15-18(31-10-12-32-13-11-31)14-20-24(21)28-9-8-27-20/h3,8-9,14-15,17,19,29H,2,4-7,10-13H2,1H3/b22-3-,30-23-/t17-,19+. The Labute approximate surface area is 193 Å². The van der Waals surface area contributed by atoms with Gasteiger partial charge in [0.2, 0.25) is 5.84 Å². The van der Waals surface area contributed by atoms with Gasteiger partial charge in [-0.1, -0.05) is 0 Å². The first-order valence-electron chi connectivity index (χ1n) is 11.3. The van der Waals surface area contributed by atoms with Crippen LogP contribution in [0, 0.1) is 11.3 Å². The summed E-state index contributed by atoms with van der Waals surface area (Å²) in [4.78, 5) is 19.2. The minimum absolute atomic E-state index is 0.0563. The van der Waals surface area contributed by atoms with Crippen molar-refractivity contribution in [3.05, 3.63) is 36.4 Å². The van der Waals surface area contributed by atoms with Crippen molar-refractivity contribution in [3.63, 3.8) is 0 Å². The van der Waals surface area contributed by atoms with Crippen LogP contribution in [0.3, 0.4) is 0 Å². The molecule has 0 spiro atoms. The highest BCUT2D eigenvalue weighted by atomic mass is 16.5. The number of fused-ring (bicyclic) bond motifs is 1. The molecule has 2 aliphatic rings. The third kappa shape index (κ3) is 5.65. The highest BCUT2D eigenvalue weighted by Crippen LogP contribution is 2.33. The fourth-order valence-corrected chi connectivity index (χ4v) is 4.23. The molecule has 1 aliphatic carbocycles. The minimum atomic E-state index is 0.0563. The average Bonchev–Trinajstić information content (AvgIpc) is 2.88. The zero-order valence-electron chi connectivity index (χ0n) is 18.9. The van der Waals surface area contributed by atoms with E-state index in [4.69, 9.17) is 14.7 Å². The third-order valence-electron chi connectivity index (χ3n) is 5.97. The Morgan fingerprint density at radius 1 is 1.24 bits per heavy atom. The first-order valence-corrected chi connectivity index (χ1v) is 11.3. The smallest absolute Gasteiger partial charge is 0.233 e. The number of hydrogen-bond donors (Lipinski definition) is 1. The summed E-state index contributed by atoms with van der Waals surface area (Å²) in [6, 6.07) is 6.36. The quantitative estimate of drug-likeness (QED) is 0.535. The molecule has 4 rings (SSSR count). The number of allylic oxidation sites excluding steroid dienone is 1. The van der Waals surface area contributed by atoms with Crippen LogP contribution < -0.4 is 15.0 Å². The van der Waals surface area contributed by atoms with Gasteiger partial charge < -0.3 is 19.7 Å². The third-order valence-corrected chi connectivity index (χ3v) is 5.97. The van der Waals surface area contributed by atoms with E-state index in [-0.39, 0.29) is 18.0 Å². The van der Waals surface area contributed by atoms with E-state index in [0.717, 1.165) is 74.5 Å². The van der Waals surface area contributed by atoms with Crippen LogP contribution in [0.2, 0.25) is 0 Å². The SMILES string of the molecule is C=N/C(C#N)=N\C(=C/C)N[C@H]1CC[C@@H](Oc2cc(N3CCOCC3)cc3nccnc23)CC1.